The second kappa shape index (κ2) is 7.85. The third-order valence-electron chi connectivity index (χ3n) is 7.38. The number of para-hydroxylation sites is 2. The molecule has 0 aliphatic carbocycles. The van der Waals surface area contributed by atoms with E-state index in [0.29, 0.717) is 11.6 Å². The first-order valence-corrected chi connectivity index (χ1v) is 12.6. The summed E-state index contributed by atoms with van der Waals surface area (Å²) >= 11 is 0. The van der Waals surface area contributed by atoms with Gasteiger partial charge in [-0.3, -0.25) is 4.57 Å². The van der Waals surface area contributed by atoms with Crippen molar-refractivity contribution in [3.05, 3.63) is 132 Å². The summed E-state index contributed by atoms with van der Waals surface area (Å²) in [7, 11) is 0. The van der Waals surface area contributed by atoms with E-state index >= 15 is 0 Å². The lowest BCUT2D eigenvalue weighted by molar-refractivity contribution is 0.946. The summed E-state index contributed by atoms with van der Waals surface area (Å²) in [5.74, 6) is 0.950. The molecule has 0 saturated carbocycles. The molecule has 5 heteroatoms. The van der Waals surface area contributed by atoms with Crippen LogP contribution in [-0.4, -0.2) is 18.9 Å². The average Bonchev–Trinajstić information content (AvgIpc) is 3.32. The Labute approximate surface area is 216 Å². The minimum Gasteiger partial charge on any atom is -0.278 e. The zero-order valence-corrected chi connectivity index (χ0v) is 20.2. The molecule has 0 aliphatic rings. The van der Waals surface area contributed by atoms with Gasteiger partial charge in [-0.15, -0.1) is 0 Å². The van der Waals surface area contributed by atoms with Crippen LogP contribution in [0.1, 0.15) is 0 Å². The van der Waals surface area contributed by atoms with Crippen molar-refractivity contribution in [2.45, 2.75) is 0 Å². The minimum absolute atomic E-state index is 0.346. The van der Waals surface area contributed by atoms with E-state index in [1.54, 1.807) is 4.40 Å². The Morgan fingerprint density at radius 3 is 1.74 bits per heavy atom. The van der Waals surface area contributed by atoms with Crippen LogP contribution in [0.3, 0.4) is 0 Å². The van der Waals surface area contributed by atoms with E-state index in [9.17, 15) is 4.79 Å². The first kappa shape index (κ1) is 20.9. The van der Waals surface area contributed by atoms with Crippen LogP contribution in [-0.2, 0) is 0 Å². The normalized spacial score (nSPS) is 11.8. The molecule has 5 nitrogen and oxygen atoms in total. The fourth-order valence-corrected chi connectivity index (χ4v) is 5.71. The number of aromatic nitrogens is 4. The molecule has 38 heavy (non-hydrogen) atoms. The Kier molecular flexibility index (Phi) is 4.31. The van der Waals surface area contributed by atoms with Crippen molar-refractivity contribution in [1.82, 2.24) is 18.9 Å². The van der Waals surface area contributed by atoms with Gasteiger partial charge < -0.3 is 0 Å². The Morgan fingerprint density at radius 2 is 1.05 bits per heavy atom. The Hall–Kier alpha value is -5.29. The van der Waals surface area contributed by atoms with Crippen LogP contribution in [0, 0.1) is 0 Å². The predicted octanol–water partition coefficient (Wildman–Crippen LogP) is 7.16. The molecule has 8 aromatic rings. The zero-order valence-electron chi connectivity index (χ0n) is 20.2. The lowest BCUT2D eigenvalue weighted by Crippen LogP contribution is -2.19. The summed E-state index contributed by atoms with van der Waals surface area (Å²) in [6.07, 6.45) is 0. The van der Waals surface area contributed by atoms with Crippen molar-refractivity contribution >= 4 is 49.1 Å². The van der Waals surface area contributed by atoms with E-state index in [2.05, 4.69) is 76.3 Å². The third-order valence-corrected chi connectivity index (χ3v) is 7.38. The summed E-state index contributed by atoms with van der Waals surface area (Å²) < 4.78 is 3.67. The quantitative estimate of drug-likeness (QED) is 0.243. The summed E-state index contributed by atoms with van der Waals surface area (Å²) in [4.78, 5) is 22.6. The van der Waals surface area contributed by atoms with Crippen molar-refractivity contribution in [3.8, 4) is 17.1 Å². The molecule has 0 amide bonds. The monoisotopic (exact) mass is 488 g/mol. The lowest BCUT2D eigenvalue weighted by atomic mass is 9.94. The lowest BCUT2D eigenvalue weighted by Gasteiger charge is -2.13. The van der Waals surface area contributed by atoms with Gasteiger partial charge in [0.15, 0.2) is 5.82 Å². The van der Waals surface area contributed by atoms with Gasteiger partial charge >= 0.3 is 5.69 Å². The van der Waals surface area contributed by atoms with Gasteiger partial charge in [-0.25, -0.2) is 9.20 Å². The summed E-state index contributed by atoms with van der Waals surface area (Å²) in [5, 5.41) is 7.24. The first-order chi connectivity index (χ1) is 18.8. The van der Waals surface area contributed by atoms with Crippen molar-refractivity contribution in [2.75, 3.05) is 0 Å². The van der Waals surface area contributed by atoms with Gasteiger partial charge in [0.25, 0.3) is 0 Å². The highest BCUT2D eigenvalue weighted by Gasteiger charge is 2.18. The fraction of sp³-hybridized carbons (Fsp3) is 0. The highest BCUT2D eigenvalue weighted by molar-refractivity contribution is 6.25. The van der Waals surface area contributed by atoms with E-state index < -0.39 is 0 Å². The summed E-state index contributed by atoms with van der Waals surface area (Å²) in [6.45, 7) is 0. The second-order valence-electron chi connectivity index (χ2n) is 9.48. The molecule has 0 atom stereocenters. The molecule has 2 heterocycles. The molecule has 2 aromatic heterocycles. The van der Waals surface area contributed by atoms with Gasteiger partial charge in [0.1, 0.15) is 0 Å². The maximum Gasteiger partial charge on any atom is 0.357 e. The maximum absolute atomic E-state index is 13.4. The average molecular weight is 489 g/mol. The van der Waals surface area contributed by atoms with Gasteiger partial charge in [0.05, 0.1) is 11.0 Å². The Bertz CT molecular complexity index is 2230. The smallest absolute Gasteiger partial charge is 0.278 e. The van der Waals surface area contributed by atoms with Crippen LogP contribution >= 0.6 is 0 Å². The first-order valence-electron chi connectivity index (χ1n) is 12.6. The number of hydrogen-bond acceptors (Lipinski definition) is 3. The fourth-order valence-electron chi connectivity index (χ4n) is 5.71. The van der Waals surface area contributed by atoms with Crippen molar-refractivity contribution in [1.29, 1.82) is 0 Å². The van der Waals surface area contributed by atoms with Gasteiger partial charge in [-0.2, -0.15) is 9.97 Å². The van der Waals surface area contributed by atoms with Gasteiger partial charge in [0.2, 0.25) is 5.78 Å². The molecular weight excluding hydrogens is 468 g/mol. The minimum atomic E-state index is -0.346. The highest BCUT2D eigenvalue weighted by Crippen LogP contribution is 2.36. The van der Waals surface area contributed by atoms with Gasteiger partial charge in [0, 0.05) is 11.3 Å². The number of fused-ring (bicyclic) bond motifs is 9. The van der Waals surface area contributed by atoms with Crippen LogP contribution in [0.2, 0.25) is 0 Å². The Morgan fingerprint density at radius 1 is 0.500 bits per heavy atom. The van der Waals surface area contributed by atoms with Crippen LogP contribution in [0.4, 0.5) is 0 Å². The molecule has 178 valence electrons. The van der Waals surface area contributed by atoms with E-state index in [-0.39, 0.29) is 5.69 Å². The SMILES string of the molecule is O=c1nc(-c2ccccc2)nc2n(-c3ccc4c5ccccc5c5ccccc5c4c3)c3ccccc3n12. The van der Waals surface area contributed by atoms with Crippen LogP contribution in [0.15, 0.2) is 126 Å². The molecule has 0 N–H and O–H groups in total. The molecule has 0 fully saturated rings. The molecule has 0 radical (unpaired) electrons. The molecule has 6 aromatic carbocycles. The van der Waals surface area contributed by atoms with Crippen molar-refractivity contribution < 1.29 is 0 Å². The number of nitrogens with zero attached hydrogens (tertiary/aromatic N) is 4. The van der Waals surface area contributed by atoms with Crippen LogP contribution < -0.4 is 5.69 Å². The molecule has 0 aliphatic heterocycles. The van der Waals surface area contributed by atoms with Crippen molar-refractivity contribution in [2.24, 2.45) is 0 Å². The van der Waals surface area contributed by atoms with Gasteiger partial charge in [-0.05, 0) is 56.6 Å². The molecule has 0 unspecified atom stereocenters. The van der Waals surface area contributed by atoms with Crippen LogP contribution in [0.25, 0.3) is 66.2 Å². The number of rotatable bonds is 2. The molecular formula is C33H20N4O. The van der Waals surface area contributed by atoms with E-state index in [4.69, 9.17) is 4.98 Å². The largest absolute Gasteiger partial charge is 0.357 e. The summed E-state index contributed by atoms with van der Waals surface area (Å²) in [6, 6.07) is 41.1. The highest BCUT2D eigenvalue weighted by atomic mass is 16.1. The maximum atomic E-state index is 13.4. The van der Waals surface area contributed by atoms with E-state index in [1.165, 1.54) is 26.9 Å². The van der Waals surface area contributed by atoms with E-state index in [1.807, 2.05) is 54.6 Å². The third kappa shape index (κ3) is 2.90. The second-order valence-corrected chi connectivity index (χ2v) is 9.48. The number of benzene rings is 6. The number of hydrogen-bond donors (Lipinski definition) is 0. The topological polar surface area (TPSA) is 52.2 Å². The van der Waals surface area contributed by atoms with Crippen LogP contribution in [0.5, 0.6) is 0 Å². The molecule has 0 saturated heterocycles. The molecule has 8 rings (SSSR count). The Balaban J connectivity index is 1.51. The standard InChI is InChI=1S/C33H20N4O/c38-33-35-31(21-10-2-1-3-11-21)34-32-36(29-16-8-9-17-30(29)37(32)33)22-18-19-27-25-14-5-4-12-23(25)24-13-6-7-15-26(24)28(27)20-22/h1-20H. The molecule has 0 bridgehead atoms. The zero-order chi connectivity index (χ0) is 25.2. The predicted molar refractivity (Wildman–Crippen MR) is 154 cm³/mol. The van der Waals surface area contributed by atoms with Crippen molar-refractivity contribution in [3.63, 3.8) is 0 Å². The summed E-state index contributed by atoms with van der Waals surface area (Å²) in [5.41, 5.74) is 3.07. The number of imidazole rings is 1. The molecule has 0 spiro atoms. The van der Waals surface area contributed by atoms with E-state index in [0.717, 1.165) is 27.7 Å². The van der Waals surface area contributed by atoms with Gasteiger partial charge in [-0.1, -0.05) is 97.1 Å².